The van der Waals surface area contributed by atoms with Gasteiger partial charge in [0.25, 0.3) is 0 Å². The van der Waals surface area contributed by atoms with Gasteiger partial charge in [0.1, 0.15) is 45.5 Å². The molecular formula is C48H50N10O5S2. The van der Waals surface area contributed by atoms with Crippen LogP contribution in [-0.4, -0.2) is 106 Å². The first-order valence-electron chi connectivity index (χ1n) is 22.5. The Hall–Kier alpha value is -6.04. The van der Waals surface area contributed by atoms with Gasteiger partial charge in [0, 0.05) is 47.2 Å². The third kappa shape index (κ3) is 7.86. The molecule has 4 aliphatic heterocycles. The monoisotopic (exact) mass is 910 g/mol. The van der Waals surface area contributed by atoms with Crippen LogP contribution in [0.4, 0.5) is 23.0 Å². The molecule has 65 heavy (non-hydrogen) atoms. The van der Waals surface area contributed by atoms with Crippen molar-refractivity contribution in [2.75, 3.05) is 51.0 Å². The van der Waals surface area contributed by atoms with Crippen molar-refractivity contribution in [2.24, 2.45) is 21.8 Å². The number of carbonyl (C=O) groups excluding carboxylic acids is 1. The summed E-state index contributed by atoms with van der Waals surface area (Å²) < 4.78 is 11.2. The zero-order chi connectivity index (χ0) is 44.2. The molecule has 2 saturated heterocycles. The molecular weight excluding hydrogens is 861 g/mol. The molecule has 0 unspecified atom stereocenters. The van der Waals surface area contributed by atoms with Gasteiger partial charge in [-0.25, -0.2) is 19.9 Å². The quantitative estimate of drug-likeness (QED) is 0.129. The number of rotatable bonds is 9. The summed E-state index contributed by atoms with van der Waals surface area (Å²) in [4.78, 5) is 60.5. The number of carboxylic acids is 1. The Bertz CT molecular complexity index is 2920. The summed E-state index contributed by atoms with van der Waals surface area (Å²) in [5, 5.41) is 18.4. The second kappa shape index (κ2) is 17.4. The predicted molar refractivity (Wildman–Crippen MR) is 254 cm³/mol. The van der Waals surface area contributed by atoms with Gasteiger partial charge >= 0.3 is 5.97 Å². The number of ether oxygens (including phenoxy) is 2. The van der Waals surface area contributed by atoms with Gasteiger partial charge in [0.15, 0.2) is 0 Å². The Kier molecular flexibility index (Phi) is 11.1. The average Bonchev–Trinajstić information content (AvgIpc) is 4.13. The second-order valence-corrected chi connectivity index (χ2v) is 19.9. The van der Waals surface area contributed by atoms with Crippen LogP contribution in [0, 0.1) is 11.8 Å². The molecule has 0 radical (unpaired) electrons. The highest BCUT2D eigenvalue weighted by Gasteiger charge is 2.39. The predicted octanol–water partition coefficient (Wildman–Crippen LogP) is 7.74. The highest BCUT2D eigenvalue weighted by Crippen LogP contribution is 2.44. The lowest BCUT2D eigenvalue weighted by Gasteiger charge is -2.47. The van der Waals surface area contributed by atoms with Crippen molar-refractivity contribution >= 4 is 90.4 Å². The van der Waals surface area contributed by atoms with E-state index in [2.05, 4.69) is 56.4 Å². The Morgan fingerprint density at radius 1 is 0.708 bits per heavy atom. The summed E-state index contributed by atoms with van der Waals surface area (Å²) in [5.41, 5.74) is 8.66. The molecule has 0 spiro atoms. The third-order valence-corrected chi connectivity index (χ3v) is 16.2. The van der Waals surface area contributed by atoms with Gasteiger partial charge in [-0.3, -0.25) is 24.5 Å². The van der Waals surface area contributed by atoms with Gasteiger partial charge in [-0.05, 0) is 122 Å². The topological polar surface area (TPSA) is 180 Å². The minimum Gasteiger partial charge on any atom is -0.495 e. The Morgan fingerprint density at radius 3 is 1.75 bits per heavy atom. The number of carbonyl (C=O) groups is 2. The van der Waals surface area contributed by atoms with Crippen LogP contribution in [-0.2, 0) is 48.4 Å². The number of aromatic nitrogens is 4. The molecule has 334 valence electrons. The molecule has 12 rings (SSSR count). The lowest BCUT2D eigenvalue weighted by atomic mass is 9.86. The highest BCUT2D eigenvalue weighted by molar-refractivity contribution is 7.19. The standard InChI is InChI=1S/C28H32N6O2S.C20H18N4O3S/c1-36-23-10-19-13-29-12-18(19)9-22(23)32-26-25-21-6-5-17(11-24(21)37-27(25)31-16-30-26)28(35)34-14-20(15-34)33-7-3-2-4-8-33;1-27-15-5-12-8-21-7-11(12)4-14(15)24-18-17-13-3-2-10(20(25)26)6-16(13)28-19(17)23-9-22-18/h9-10,12,16-17,20H,2-8,11,13-15H2,1H3,(H,30,31,32);4-5,7,9-10H,2-3,6,8H2,1H3,(H,25,26)(H,22,23,24)/t17-;10-/m00/s1. The molecule has 3 N–H and O–H groups in total. The van der Waals surface area contributed by atoms with Gasteiger partial charge in [-0.2, -0.15) is 0 Å². The number of methoxy groups -OCH3 is 2. The number of piperidine rings is 1. The van der Waals surface area contributed by atoms with Gasteiger partial charge in [0.2, 0.25) is 5.91 Å². The van der Waals surface area contributed by atoms with E-state index < -0.39 is 5.97 Å². The van der Waals surface area contributed by atoms with E-state index in [1.54, 1.807) is 49.5 Å². The molecule has 2 aliphatic carbocycles. The maximum Gasteiger partial charge on any atom is 0.306 e. The Morgan fingerprint density at radius 2 is 1.23 bits per heavy atom. The number of anilines is 4. The van der Waals surface area contributed by atoms with Crippen LogP contribution in [0.2, 0.25) is 0 Å². The lowest BCUT2D eigenvalue weighted by molar-refractivity contribution is -0.144. The molecule has 8 heterocycles. The number of hydrogen-bond acceptors (Lipinski definition) is 15. The zero-order valence-electron chi connectivity index (χ0n) is 36.4. The van der Waals surface area contributed by atoms with Crippen LogP contribution in [0.3, 0.4) is 0 Å². The summed E-state index contributed by atoms with van der Waals surface area (Å²) >= 11 is 3.28. The van der Waals surface area contributed by atoms with Crippen molar-refractivity contribution in [3.05, 3.63) is 80.1 Å². The van der Waals surface area contributed by atoms with E-state index in [1.807, 2.05) is 30.6 Å². The van der Waals surface area contributed by atoms with E-state index in [-0.39, 0.29) is 11.8 Å². The number of fused-ring (bicyclic) bond motifs is 8. The van der Waals surface area contributed by atoms with E-state index in [0.717, 1.165) is 115 Å². The fraction of sp³-hybridized carbons (Fsp3) is 0.417. The van der Waals surface area contributed by atoms with E-state index in [1.165, 1.54) is 53.9 Å². The Labute approximate surface area is 384 Å². The molecule has 0 saturated carbocycles. The SMILES string of the molecule is COc1cc2c(cc1Nc1ncnc3sc4c(c13)CC[C@H](C(=O)N1CC(N3CCCCC3)C1)C4)C=NC2.COc1cc2c(cc1Nc1ncnc3sc4c(c13)CC[C@H](C(=O)O)C4)C=NC2. The average molecular weight is 911 g/mol. The molecule has 0 bridgehead atoms. The van der Waals surface area contributed by atoms with Crippen LogP contribution in [0.15, 0.2) is 46.9 Å². The van der Waals surface area contributed by atoms with Crippen LogP contribution in [0.1, 0.15) is 75.2 Å². The molecule has 2 fully saturated rings. The van der Waals surface area contributed by atoms with E-state index in [0.29, 0.717) is 37.9 Å². The third-order valence-electron chi connectivity index (χ3n) is 13.9. The van der Waals surface area contributed by atoms with Gasteiger partial charge in [-0.1, -0.05) is 6.42 Å². The summed E-state index contributed by atoms with van der Waals surface area (Å²) in [6.07, 6.45) is 15.4. The van der Waals surface area contributed by atoms with Crippen molar-refractivity contribution in [1.29, 1.82) is 0 Å². The van der Waals surface area contributed by atoms with Crippen molar-refractivity contribution in [3.63, 3.8) is 0 Å². The smallest absolute Gasteiger partial charge is 0.306 e. The van der Waals surface area contributed by atoms with Gasteiger partial charge in [0.05, 0.1) is 55.4 Å². The van der Waals surface area contributed by atoms with Gasteiger partial charge in [-0.15, -0.1) is 22.7 Å². The number of thiophene rings is 2. The largest absolute Gasteiger partial charge is 0.495 e. The molecule has 2 aromatic carbocycles. The number of aliphatic imine (C=N–C) groups is 2. The number of nitrogens with one attached hydrogen (secondary N) is 2. The van der Waals surface area contributed by atoms with Crippen molar-refractivity contribution in [3.8, 4) is 11.5 Å². The van der Waals surface area contributed by atoms with Crippen LogP contribution >= 0.6 is 22.7 Å². The van der Waals surface area contributed by atoms with Crippen LogP contribution in [0.25, 0.3) is 20.4 Å². The van der Waals surface area contributed by atoms with E-state index in [4.69, 9.17) is 9.47 Å². The minimum absolute atomic E-state index is 0.0725. The molecule has 6 aliphatic rings. The van der Waals surface area contributed by atoms with Crippen molar-refractivity contribution < 1.29 is 24.2 Å². The summed E-state index contributed by atoms with van der Waals surface area (Å²) in [7, 11) is 3.34. The number of carboxylic acid groups (broad SMARTS) is 1. The molecule has 15 nitrogen and oxygen atoms in total. The maximum atomic E-state index is 13.4. The molecule has 17 heteroatoms. The molecule has 4 aromatic heterocycles. The van der Waals surface area contributed by atoms with Crippen LogP contribution < -0.4 is 20.1 Å². The number of aliphatic carboxylic acids is 1. The lowest BCUT2D eigenvalue weighted by Crippen LogP contribution is -2.63. The number of aryl methyl sites for hydroxylation is 2. The number of hydrogen-bond donors (Lipinski definition) is 3. The number of likely N-dealkylation sites (tertiary alicyclic amines) is 2. The zero-order valence-corrected chi connectivity index (χ0v) is 38.1. The first-order chi connectivity index (χ1) is 31.8. The first kappa shape index (κ1) is 41.7. The number of amides is 1. The summed E-state index contributed by atoms with van der Waals surface area (Å²) in [6.45, 7) is 5.57. The van der Waals surface area contributed by atoms with Crippen LogP contribution in [0.5, 0.6) is 11.5 Å². The van der Waals surface area contributed by atoms with Crippen molar-refractivity contribution in [1.82, 2.24) is 29.7 Å². The fourth-order valence-electron chi connectivity index (χ4n) is 10.3. The molecule has 2 atom stereocenters. The molecule has 1 amide bonds. The summed E-state index contributed by atoms with van der Waals surface area (Å²) in [6, 6.07) is 8.73. The van der Waals surface area contributed by atoms with Crippen molar-refractivity contribution in [2.45, 2.75) is 76.9 Å². The second-order valence-electron chi connectivity index (χ2n) is 17.7. The van der Waals surface area contributed by atoms with E-state index in [9.17, 15) is 14.7 Å². The Balaban J connectivity index is 0.000000150. The highest BCUT2D eigenvalue weighted by atomic mass is 32.1. The first-order valence-corrected chi connectivity index (χ1v) is 24.2. The van der Waals surface area contributed by atoms with E-state index >= 15 is 0 Å². The minimum atomic E-state index is -0.725. The number of nitrogens with zero attached hydrogens (tertiary/aromatic N) is 8. The molecule has 6 aromatic rings. The fourth-order valence-corrected chi connectivity index (χ4v) is 12.8. The van der Waals surface area contributed by atoms with Gasteiger partial charge < -0.3 is 30.1 Å². The normalized spacial score (nSPS) is 19.8. The number of benzene rings is 2. The summed E-state index contributed by atoms with van der Waals surface area (Å²) in [5.74, 6) is 2.41. The maximum absolute atomic E-state index is 13.4.